The third-order valence-corrected chi connectivity index (χ3v) is 3.59. The highest BCUT2D eigenvalue weighted by atomic mass is 16.7. The predicted octanol–water partition coefficient (Wildman–Crippen LogP) is 0.750. The van der Waals surface area contributed by atoms with E-state index in [4.69, 9.17) is 14.6 Å². The van der Waals surface area contributed by atoms with Crippen LogP contribution in [0.3, 0.4) is 0 Å². The molecule has 0 saturated heterocycles. The first-order valence-corrected chi connectivity index (χ1v) is 5.43. The molecule has 1 aromatic carbocycles. The topological polar surface area (TPSA) is 76.0 Å². The molecule has 0 bridgehead atoms. The van der Waals surface area contributed by atoms with Crippen LogP contribution in [0.4, 0.5) is 0 Å². The van der Waals surface area contributed by atoms with Crippen LogP contribution in [0.15, 0.2) is 18.2 Å². The van der Waals surface area contributed by atoms with Gasteiger partial charge < -0.3 is 19.7 Å². The molecule has 1 fully saturated rings. The first-order chi connectivity index (χ1) is 8.18. The van der Waals surface area contributed by atoms with E-state index in [1.54, 1.807) is 18.2 Å². The van der Waals surface area contributed by atoms with Crippen molar-refractivity contribution >= 4 is 5.97 Å². The Labute approximate surface area is 97.6 Å². The van der Waals surface area contributed by atoms with Crippen LogP contribution in [0, 0.1) is 5.92 Å². The zero-order chi connectivity index (χ0) is 12.0. The molecule has 0 amide bonds. The van der Waals surface area contributed by atoms with Crippen LogP contribution in [-0.2, 0) is 10.2 Å². The van der Waals surface area contributed by atoms with Gasteiger partial charge in [0.2, 0.25) is 6.79 Å². The van der Waals surface area contributed by atoms with E-state index >= 15 is 0 Å². The highest BCUT2D eigenvalue weighted by Crippen LogP contribution is 2.55. The summed E-state index contributed by atoms with van der Waals surface area (Å²) in [5.74, 6) is 0.109. The highest BCUT2D eigenvalue weighted by Gasteiger charge is 2.61. The summed E-state index contributed by atoms with van der Waals surface area (Å²) in [5, 5.41) is 18.5. The maximum Gasteiger partial charge on any atom is 0.314 e. The van der Waals surface area contributed by atoms with Crippen molar-refractivity contribution in [3.63, 3.8) is 0 Å². The number of rotatable bonds is 3. The minimum Gasteiger partial charge on any atom is -0.481 e. The van der Waals surface area contributed by atoms with Gasteiger partial charge in [0, 0.05) is 12.5 Å². The van der Waals surface area contributed by atoms with Gasteiger partial charge in [0.25, 0.3) is 0 Å². The molecule has 1 aliphatic heterocycles. The summed E-state index contributed by atoms with van der Waals surface area (Å²) >= 11 is 0. The zero-order valence-corrected chi connectivity index (χ0v) is 9.05. The van der Waals surface area contributed by atoms with Crippen molar-refractivity contribution in [1.82, 2.24) is 0 Å². The molecule has 17 heavy (non-hydrogen) atoms. The summed E-state index contributed by atoms with van der Waals surface area (Å²) in [6, 6.07) is 5.15. The normalized spacial score (nSPS) is 29.1. The maximum atomic E-state index is 11.4. The van der Waals surface area contributed by atoms with Crippen molar-refractivity contribution in [2.24, 2.45) is 5.92 Å². The number of carboxylic acid groups (broad SMARTS) is 1. The van der Waals surface area contributed by atoms with Gasteiger partial charge in [-0.3, -0.25) is 4.79 Å². The number of aliphatic hydroxyl groups is 1. The zero-order valence-electron chi connectivity index (χ0n) is 9.05. The van der Waals surface area contributed by atoms with Crippen molar-refractivity contribution < 1.29 is 24.5 Å². The Kier molecular flexibility index (Phi) is 2.06. The minimum atomic E-state index is -0.949. The standard InChI is InChI=1S/C12H12O5/c13-5-8-4-12(8,11(14)15)7-1-2-9-10(3-7)17-6-16-9/h1-3,8,13H,4-6H2,(H,14,15). The second-order valence-corrected chi connectivity index (χ2v) is 4.43. The Hall–Kier alpha value is -1.75. The van der Waals surface area contributed by atoms with Crippen LogP contribution in [0.1, 0.15) is 12.0 Å². The lowest BCUT2D eigenvalue weighted by molar-refractivity contribution is -0.140. The lowest BCUT2D eigenvalue weighted by Crippen LogP contribution is -2.23. The first-order valence-electron chi connectivity index (χ1n) is 5.43. The van der Waals surface area contributed by atoms with Gasteiger partial charge in [0.05, 0.1) is 5.41 Å². The summed E-state index contributed by atoms with van der Waals surface area (Å²) in [5.41, 5.74) is -0.274. The second kappa shape index (κ2) is 3.37. The molecule has 2 atom stereocenters. The molecular weight excluding hydrogens is 224 g/mol. The first kappa shape index (κ1) is 10.4. The Bertz CT molecular complexity index is 484. The largest absolute Gasteiger partial charge is 0.481 e. The number of fused-ring (bicyclic) bond motifs is 1. The summed E-state index contributed by atoms with van der Waals surface area (Å²) in [6.07, 6.45) is 0.471. The van der Waals surface area contributed by atoms with Crippen LogP contribution >= 0.6 is 0 Å². The van der Waals surface area contributed by atoms with E-state index in [1.807, 2.05) is 0 Å². The van der Waals surface area contributed by atoms with Crippen LogP contribution in [0.5, 0.6) is 11.5 Å². The summed E-state index contributed by atoms with van der Waals surface area (Å²) in [6.45, 7) is 0.0586. The molecular formula is C12H12O5. The molecule has 5 heteroatoms. The SMILES string of the molecule is O=C(O)C1(c2ccc3c(c2)OCO3)CC1CO. The quantitative estimate of drug-likeness (QED) is 0.809. The van der Waals surface area contributed by atoms with E-state index in [9.17, 15) is 9.90 Å². The van der Waals surface area contributed by atoms with Gasteiger partial charge in [-0.25, -0.2) is 0 Å². The fourth-order valence-corrected chi connectivity index (χ4v) is 2.46. The Balaban J connectivity index is 2.01. The monoisotopic (exact) mass is 236 g/mol. The Morgan fingerprint density at radius 3 is 2.82 bits per heavy atom. The van der Waals surface area contributed by atoms with Gasteiger partial charge in [-0.1, -0.05) is 6.07 Å². The third kappa shape index (κ3) is 1.32. The average Bonchev–Trinajstić information content (AvgIpc) is 2.91. The van der Waals surface area contributed by atoms with Crippen molar-refractivity contribution in [1.29, 1.82) is 0 Å². The van der Waals surface area contributed by atoms with Crippen molar-refractivity contribution in [2.45, 2.75) is 11.8 Å². The number of carbonyl (C=O) groups is 1. The Morgan fingerprint density at radius 2 is 2.18 bits per heavy atom. The lowest BCUT2D eigenvalue weighted by Gasteiger charge is -2.12. The number of benzene rings is 1. The molecule has 2 N–H and O–H groups in total. The van der Waals surface area contributed by atoms with E-state index in [1.165, 1.54) is 0 Å². The van der Waals surface area contributed by atoms with Gasteiger partial charge >= 0.3 is 5.97 Å². The van der Waals surface area contributed by atoms with Gasteiger partial charge in [-0.05, 0) is 24.1 Å². The molecule has 0 aromatic heterocycles. The molecule has 1 aromatic rings. The lowest BCUT2D eigenvalue weighted by atomic mass is 9.93. The smallest absolute Gasteiger partial charge is 0.314 e. The van der Waals surface area contributed by atoms with Gasteiger partial charge in [-0.15, -0.1) is 0 Å². The Morgan fingerprint density at radius 1 is 1.41 bits per heavy atom. The molecule has 2 unspecified atom stereocenters. The fourth-order valence-electron chi connectivity index (χ4n) is 2.46. The van der Waals surface area contributed by atoms with Gasteiger partial charge in [-0.2, -0.15) is 0 Å². The number of hydrogen-bond acceptors (Lipinski definition) is 4. The van der Waals surface area contributed by atoms with E-state index in [0.717, 1.165) is 0 Å². The molecule has 1 aliphatic carbocycles. The number of ether oxygens (including phenoxy) is 2. The maximum absolute atomic E-state index is 11.4. The van der Waals surface area contributed by atoms with E-state index in [-0.39, 0.29) is 19.3 Å². The van der Waals surface area contributed by atoms with Crippen LogP contribution in [0.2, 0.25) is 0 Å². The highest BCUT2D eigenvalue weighted by molar-refractivity contribution is 5.86. The average molecular weight is 236 g/mol. The molecule has 2 aliphatic rings. The molecule has 5 nitrogen and oxygen atoms in total. The molecule has 0 spiro atoms. The number of aliphatic hydroxyl groups excluding tert-OH is 1. The van der Waals surface area contributed by atoms with E-state index in [0.29, 0.717) is 23.5 Å². The van der Waals surface area contributed by atoms with Gasteiger partial charge in [0.15, 0.2) is 11.5 Å². The van der Waals surface area contributed by atoms with Crippen LogP contribution in [0.25, 0.3) is 0 Å². The molecule has 0 radical (unpaired) electrons. The second-order valence-electron chi connectivity index (χ2n) is 4.43. The predicted molar refractivity (Wildman–Crippen MR) is 57.1 cm³/mol. The third-order valence-electron chi connectivity index (χ3n) is 3.59. The summed E-state index contributed by atoms with van der Waals surface area (Å²) in [7, 11) is 0. The van der Waals surface area contributed by atoms with Crippen molar-refractivity contribution in [2.75, 3.05) is 13.4 Å². The van der Waals surface area contributed by atoms with Crippen molar-refractivity contribution in [3.05, 3.63) is 23.8 Å². The molecule has 1 saturated carbocycles. The number of aliphatic carboxylic acids is 1. The number of carboxylic acids is 1. The number of hydrogen-bond donors (Lipinski definition) is 2. The van der Waals surface area contributed by atoms with Crippen LogP contribution < -0.4 is 9.47 Å². The minimum absolute atomic E-state index is 0.110. The molecule has 1 heterocycles. The van der Waals surface area contributed by atoms with E-state index in [2.05, 4.69) is 0 Å². The molecule has 3 rings (SSSR count). The van der Waals surface area contributed by atoms with Crippen LogP contribution in [-0.4, -0.2) is 29.6 Å². The molecule has 90 valence electrons. The van der Waals surface area contributed by atoms with Gasteiger partial charge in [0.1, 0.15) is 0 Å². The van der Waals surface area contributed by atoms with E-state index < -0.39 is 11.4 Å². The van der Waals surface area contributed by atoms with Crippen molar-refractivity contribution in [3.8, 4) is 11.5 Å². The fraction of sp³-hybridized carbons (Fsp3) is 0.417. The summed E-state index contributed by atoms with van der Waals surface area (Å²) in [4.78, 5) is 11.4. The summed E-state index contributed by atoms with van der Waals surface area (Å²) < 4.78 is 10.4.